The number of nitrogens with one attached hydrogen (secondary N) is 2. The van der Waals surface area contributed by atoms with Crippen LogP contribution in [0.1, 0.15) is 32.6 Å². The lowest BCUT2D eigenvalue weighted by molar-refractivity contribution is -0.137. The Kier molecular flexibility index (Phi) is 4.39. The quantitative estimate of drug-likeness (QED) is 0.637. The van der Waals surface area contributed by atoms with E-state index in [9.17, 15) is 9.59 Å². The van der Waals surface area contributed by atoms with Crippen molar-refractivity contribution in [1.82, 2.24) is 10.6 Å². The lowest BCUT2D eigenvalue weighted by atomic mass is 9.85. The molecule has 0 aliphatic heterocycles. The van der Waals surface area contributed by atoms with Gasteiger partial charge in [-0.15, -0.1) is 0 Å². The largest absolute Gasteiger partial charge is 0.481 e. The molecule has 2 amide bonds. The van der Waals surface area contributed by atoms with Gasteiger partial charge in [0.25, 0.3) is 0 Å². The molecule has 0 saturated heterocycles. The summed E-state index contributed by atoms with van der Waals surface area (Å²) in [6.45, 7) is 2.38. The molecule has 0 aromatic heterocycles. The molecule has 1 atom stereocenters. The fourth-order valence-corrected chi connectivity index (χ4v) is 1.52. The van der Waals surface area contributed by atoms with Gasteiger partial charge in [-0.2, -0.15) is 0 Å². The average molecular weight is 214 g/mol. The van der Waals surface area contributed by atoms with E-state index >= 15 is 0 Å². The fraction of sp³-hybridized carbons (Fsp3) is 0.800. The first-order valence-electron chi connectivity index (χ1n) is 5.34. The first-order chi connectivity index (χ1) is 7.08. The Hall–Kier alpha value is -1.26. The van der Waals surface area contributed by atoms with Crippen molar-refractivity contribution in [3.63, 3.8) is 0 Å². The van der Waals surface area contributed by atoms with Crippen molar-refractivity contribution in [2.24, 2.45) is 5.92 Å². The van der Waals surface area contributed by atoms with Gasteiger partial charge in [-0.25, -0.2) is 4.79 Å². The maximum atomic E-state index is 11.3. The van der Waals surface area contributed by atoms with Crippen LogP contribution in [0.2, 0.25) is 0 Å². The van der Waals surface area contributed by atoms with Crippen LogP contribution in [0.5, 0.6) is 0 Å². The predicted octanol–water partition coefficient (Wildman–Crippen LogP) is 0.949. The van der Waals surface area contributed by atoms with Crippen LogP contribution in [0.4, 0.5) is 4.79 Å². The first kappa shape index (κ1) is 11.8. The van der Waals surface area contributed by atoms with Gasteiger partial charge in [0.1, 0.15) is 0 Å². The first-order valence-corrected chi connectivity index (χ1v) is 5.34. The van der Waals surface area contributed by atoms with Crippen LogP contribution >= 0.6 is 0 Å². The molecule has 0 heterocycles. The van der Waals surface area contributed by atoms with Crippen LogP contribution in [-0.4, -0.2) is 29.7 Å². The van der Waals surface area contributed by atoms with Gasteiger partial charge in [-0.3, -0.25) is 4.79 Å². The zero-order valence-corrected chi connectivity index (χ0v) is 8.95. The Labute approximate surface area is 89.2 Å². The molecule has 1 rings (SSSR count). The van der Waals surface area contributed by atoms with E-state index in [-0.39, 0.29) is 18.5 Å². The third-order valence-electron chi connectivity index (χ3n) is 2.63. The molecular weight excluding hydrogens is 196 g/mol. The topological polar surface area (TPSA) is 78.4 Å². The third-order valence-corrected chi connectivity index (χ3v) is 2.63. The molecule has 1 aliphatic carbocycles. The molecule has 86 valence electrons. The summed E-state index contributed by atoms with van der Waals surface area (Å²) < 4.78 is 0. The molecule has 1 aliphatic rings. The number of carboxylic acids is 1. The van der Waals surface area contributed by atoms with Gasteiger partial charge < -0.3 is 15.7 Å². The smallest absolute Gasteiger partial charge is 0.315 e. The summed E-state index contributed by atoms with van der Waals surface area (Å²) in [5, 5.41) is 13.8. The molecule has 0 spiro atoms. The minimum absolute atomic E-state index is 0.0448. The standard InChI is InChI=1S/C10H18N2O3/c1-7(5-9(13)14)12-10(15)11-6-8-3-2-4-8/h7-8H,2-6H2,1H3,(H,13,14)(H2,11,12,15). The molecule has 15 heavy (non-hydrogen) atoms. The Bertz CT molecular complexity index is 239. The molecule has 1 saturated carbocycles. The average Bonchev–Trinajstić information content (AvgIpc) is 1.98. The summed E-state index contributed by atoms with van der Waals surface area (Å²) in [7, 11) is 0. The van der Waals surface area contributed by atoms with Gasteiger partial charge in [-0.1, -0.05) is 6.42 Å². The van der Waals surface area contributed by atoms with E-state index in [2.05, 4.69) is 10.6 Å². The van der Waals surface area contributed by atoms with Crippen molar-refractivity contribution in [3.05, 3.63) is 0 Å². The highest BCUT2D eigenvalue weighted by Gasteiger charge is 2.18. The molecule has 3 N–H and O–H groups in total. The zero-order valence-electron chi connectivity index (χ0n) is 8.95. The summed E-state index contributed by atoms with van der Waals surface area (Å²) in [5.41, 5.74) is 0. The second-order valence-electron chi connectivity index (χ2n) is 4.15. The summed E-state index contributed by atoms with van der Waals surface area (Å²) in [4.78, 5) is 21.6. The number of urea groups is 1. The minimum atomic E-state index is -0.901. The number of amides is 2. The number of carbonyl (C=O) groups is 2. The summed E-state index contributed by atoms with van der Waals surface area (Å²) in [6, 6.07) is -0.598. The van der Waals surface area contributed by atoms with Crippen LogP contribution < -0.4 is 10.6 Å². The van der Waals surface area contributed by atoms with E-state index in [1.54, 1.807) is 6.92 Å². The Morgan fingerprint density at radius 3 is 2.60 bits per heavy atom. The molecular formula is C10H18N2O3. The van der Waals surface area contributed by atoms with Gasteiger partial charge in [0.05, 0.1) is 6.42 Å². The van der Waals surface area contributed by atoms with E-state index in [1.807, 2.05) is 0 Å². The molecule has 0 aromatic carbocycles. The van der Waals surface area contributed by atoms with Crippen LogP contribution in [0, 0.1) is 5.92 Å². The second-order valence-corrected chi connectivity index (χ2v) is 4.15. The van der Waals surface area contributed by atoms with Crippen molar-refractivity contribution in [3.8, 4) is 0 Å². The maximum absolute atomic E-state index is 11.3. The lowest BCUT2D eigenvalue weighted by Gasteiger charge is -2.25. The van der Waals surface area contributed by atoms with Crippen LogP contribution in [0.3, 0.4) is 0 Å². The van der Waals surface area contributed by atoms with Crippen molar-refractivity contribution in [2.75, 3.05) is 6.54 Å². The number of carbonyl (C=O) groups excluding carboxylic acids is 1. The minimum Gasteiger partial charge on any atom is -0.481 e. The van der Waals surface area contributed by atoms with Gasteiger partial charge in [0.2, 0.25) is 0 Å². The predicted molar refractivity (Wildman–Crippen MR) is 55.6 cm³/mol. The monoisotopic (exact) mass is 214 g/mol. The Balaban J connectivity index is 2.08. The summed E-state index contributed by atoms with van der Waals surface area (Å²) in [6.07, 6.45) is 3.58. The molecule has 1 unspecified atom stereocenters. The summed E-state index contributed by atoms with van der Waals surface area (Å²) in [5.74, 6) is -0.285. The number of carboxylic acid groups (broad SMARTS) is 1. The van der Waals surface area contributed by atoms with Crippen molar-refractivity contribution < 1.29 is 14.7 Å². The van der Waals surface area contributed by atoms with Crippen molar-refractivity contribution in [1.29, 1.82) is 0 Å². The Morgan fingerprint density at radius 1 is 1.47 bits per heavy atom. The molecule has 5 heteroatoms. The summed E-state index contributed by atoms with van der Waals surface area (Å²) >= 11 is 0. The number of hydrogen-bond acceptors (Lipinski definition) is 2. The number of hydrogen-bond donors (Lipinski definition) is 3. The highest BCUT2D eigenvalue weighted by atomic mass is 16.4. The van der Waals surface area contributed by atoms with E-state index < -0.39 is 5.97 Å². The van der Waals surface area contributed by atoms with E-state index in [0.717, 1.165) is 0 Å². The van der Waals surface area contributed by atoms with E-state index in [4.69, 9.17) is 5.11 Å². The van der Waals surface area contributed by atoms with Crippen molar-refractivity contribution in [2.45, 2.75) is 38.6 Å². The SMILES string of the molecule is CC(CC(=O)O)NC(=O)NCC1CCC1. The lowest BCUT2D eigenvalue weighted by Crippen LogP contribution is -2.43. The molecule has 1 fully saturated rings. The van der Waals surface area contributed by atoms with Crippen LogP contribution in [-0.2, 0) is 4.79 Å². The maximum Gasteiger partial charge on any atom is 0.315 e. The van der Waals surface area contributed by atoms with Crippen molar-refractivity contribution >= 4 is 12.0 Å². The molecule has 5 nitrogen and oxygen atoms in total. The molecule has 0 bridgehead atoms. The number of aliphatic carboxylic acids is 1. The second kappa shape index (κ2) is 5.58. The van der Waals surface area contributed by atoms with E-state index in [1.165, 1.54) is 19.3 Å². The fourth-order valence-electron chi connectivity index (χ4n) is 1.52. The van der Waals surface area contributed by atoms with Gasteiger partial charge in [0, 0.05) is 12.6 Å². The van der Waals surface area contributed by atoms with E-state index in [0.29, 0.717) is 12.5 Å². The number of rotatable bonds is 5. The Morgan fingerprint density at radius 2 is 2.13 bits per heavy atom. The highest BCUT2D eigenvalue weighted by Crippen LogP contribution is 2.24. The van der Waals surface area contributed by atoms with Crippen LogP contribution in [0.15, 0.2) is 0 Å². The molecule has 0 aromatic rings. The van der Waals surface area contributed by atoms with Gasteiger partial charge in [-0.05, 0) is 25.7 Å². The highest BCUT2D eigenvalue weighted by molar-refractivity contribution is 5.75. The molecule has 0 radical (unpaired) electrons. The van der Waals surface area contributed by atoms with Crippen LogP contribution in [0.25, 0.3) is 0 Å². The third kappa shape index (κ3) is 4.67. The normalized spacial score (nSPS) is 17.7. The van der Waals surface area contributed by atoms with Gasteiger partial charge in [0.15, 0.2) is 0 Å². The van der Waals surface area contributed by atoms with Gasteiger partial charge >= 0.3 is 12.0 Å². The zero-order chi connectivity index (χ0) is 11.3.